The standard InChI is InChI=1S/C15H24N2O5S/c1-4-16-10-12-5-7-17(8-6-12)23(19,20)14-9-13(11(2)22-14)15(18)21-3/h9,12,16H,4-8,10H2,1-3H3. The highest BCUT2D eigenvalue weighted by atomic mass is 32.2. The van der Waals surface area contributed by atoms with Crippen LogP contribution in [0.4, 0.5) is 0 Å². The van der Waals surface area contributed by atoms with Crippen molar-refractivity contribution in [2.75, 3.05) is 33.3 Å². The second kappa shape index (κ2) is 7.46. The van der Waals surface area contributed by atoms with Gasteiger partial charge in [-0.05, 0) is 38.8 Å². The monoisotopic (exact) mass is 344 g/mol. The number of esters is 1. The summed E-state index contributed by atoms with van der Waals surface area (Å²) in [5, 5.41) is 3.10. The SMILES string of the molecule is CCNCC1CCN(S(=O)(=O)c2cc(C(=O)OC)c(C)o2)CC1. The molecular weight excluding hydrogens is 320 g/mol. The van der Waals surface area contributed by atoms with Gasteiger partial charge in [0, 0.05) is 19.2 Å². The number of furan rings is 1. The molecule has 0 bridgehead atoms. The largest absolute Gasteiger partial charge is 0.465 e. The Labute approximate surface area is 137 Å². The normalized spacial score (nSPS) is 17.3. The van der Waals surface area contributed by atoms with Gasteiger partial charge in [0.05, 0.1) is 7.11 Å². The first-order chi connectivity index (χ1) is 10.9. The number of hydrogen-bond donors (Lipinski definition) is 1. The van der Waals surface area contributed by atoms with Crippen LogP contribution < -0.4 is 5.32 Å². The first kappa shape index (κ1) is 18.0. The van der Waals surface area contributed by atoms with Crippen molar-refractivity contribution in [2.24, 2.45) is 5.92 Å². The van der Waals surface area contributed by atoms with E-state index in [1.807, 2.05) is 0 Å². The van der Waals surface area contributed by atoms with Crippen LogP contribution in [0.15, 0.2) is 15.6 Å². The average Bonchev–Trinajstić information content (AvgIpc) is 2.95. The summed E-state index contributed by atoms with van der Waals surface area (Å²) in [6.45, 7) is 6.36. The van der Waals surface area contributed by atoms with E-state index in [0.29, 0.717) is 19.0 Å². The summed E-state index contributed by atoms with van der Waals surface area (Å²) >= 11 is 0. The fourth-order valence-corrected chi connectivity index (χ4v) is 4.17. The molecule has 1 fully saturated rings. The van der Waals surface area contributed by atoms with E-state index >= 15 is 0 Å². The molecule has 23 heavy (non-hydrogen) atoms. The maximum atomic E-state index is 12.6. The molecule has 0 radical (unpaired) electrons. The fourth-order valence-electron chi connectivity index (χ4n) is 2.72. The Kier molecular flexibility index (Phi) is 5.83. The van der Waals surface area contributed by atoms with Crippen molar-refractivity contribution in [1.29, 1.82) is 0 Å². The van der Waals surface area contributed by atoms with Crippen molar-refractivity contribution >= 4 is 16.0 Å². The minimum atomic E-state index is -3.71. The van der Waals surface area contributed by atoms with Gasteiger partial charge < -0.3 is 14.5 Å². The van der Waals surface area contributed by atoms with E-state index in [0.717, 1.165) is 25.9 Å². The molecule has 0 atom stereocenters. The Balaban J connectivity index is 2.09. The highest BCUT2D eigenvalue weighted by Crippen LogP contribution is 2.26. The molecule has 0 aliphatic carbocycles. The van der Waals surface area contributed by atoms with E-state index in [1.54, 1.807) is 6.92 Å². The molecule has 2 rings (SSSR count). The molecule has 0 saturated carbocycles. The van der Waals surface area contributed by atoms with Crippen LogP contribution in [0.3, 0.4) is 0 Å². The molecule has 2 heterocycles. The number of nitrogens with one attached hydrogen (secondary N) is 1. The number of ether oxygens (including phenoxy) is 1. The first-order valence-corrected chi connectivity index (χ1v) is 9.23. The van der Waals surface area contributed by atoms with E-state index in [1.165, 1.54) is 17.5 Å². The number of nitrogens with zero attached hydrogens (tertiary/aromatic N) is 1. The van der Waals surface area contributed by atoms with Crippen molar-refractivity contribution in [3.8, 4) is 0 Å². The third kappa shape index (κ3) is 3.94. The zero-order valence-corrected chi connectivity index (χ0v) is 14.6. The molecule has 130 valence electrons. The summed E-state index contributed by atoms with van der Waals surface area (Å²) in [6, 6.07) is 1.25. The minimum absolute atomic E-state index is 0.146. The highest BCUT2D eigenvalue weighted by Gasteiger charge is 2.33. The van der Waals surface area contributed by atoms with Gasteiger partial charge in [0.1, 0.15) is 11.3 Å². The van der Waals surface area contributed by atoms with Gasteiger partial charge in [-0.3, -0.25) is 0 Å². The van der Waals surface area contributed by atoms with Crippen LogP contribution in [-0.2, 0) is 14.8 Å². The number of aryl methyl sites for hydroxylation is 1. The molecule has 1 N–H and O–H groups in total. The number of hydrogen-bond acceptors (Lipinski definition) is 6. The maximum Gasteiger partial charge on any atom is 0.341 e. The van der Waals surface area contributed by atoms with Crippen LogP contribution in [0.25, 0.3) is 0 Å². The number of methoxy groups -OCH3 is 1. The summed E-state index contributed by atoms with van der Waals surface area (Å²) in [6.07, 6.45) is 1.63. The molecule has 7 nitrogen and oxygen atoms in total. The lowest BCUT2D eigenvalue weighted by atomic mass is 9.98. The smallest absolute Gasteiger partial charge is 0.341 e. The molecule has 1 aromatic rings. The molecule has 1 aromatic heterocycles. The number of piperidine rings is 1. The Morgan fingerprint density at radius 3 is 2.65 bits per heavy atom. The van der Waals surface area contributed by atoms with Gasteiger partial charge in [-0.2, -0.15) is 4.31 Å². The van der Waals surface area contributed by atoms with Crippen LogP contribution in [0.1, 0.15) is 35.9 Å². The quantitative estimate of drug-likeness (QED) is 0.785. The summed E-state index contributed by atoms with van der Waals surface area (Å²) in [5.41, 5.74) is 0.146. The fraction of sp³-hybridized carbons (Fsp3) is 0.667. The topological polar surface area (TPSA) is 88.9 Å². The Hall–Kier alpha value is -1.38. The van der Waals surface area contributed by atoms with E-state index in [-0.39, 0.29) is 16.4 Å². The Morgan fingerprint density at radius 2 is 2.09 bits per heavy atom. The minimum Gasteiger partial charge on any atom is -0.465 e. The van der Waals surface area contributed by atoms with Crippen molar-refractivity contribution in [2.45, 2.75) is 31.8 Å². The predicted octanol–water partition coefficient (Wildman–Crippen LogP) is 1.38. The van der Waals surface area contributed by atoms with Gasteiger partial charge in [-0.25, -0.2) is 13.2 Å². The van der Waals surface area contributed by atoms with E-state index in [4.69, 9.17) is 4.42 Å². The highest BCUT2D eigenvalue weighted by molar-refractivity contribution is 7.89. The van der Waals surface area contributed by atoms with E-state index < -0.39 is 16.0 Å². The molecule has 1 aliphatic rings. The van der Waals surface area contributed by atoms with Crippen molar-refractivity contribution in [1.82, 2.24) is 9.62 Å². The number of carbonyl (C=O) groups is 1. The zero-order valence-electron chi connectivity index (χ0n) is 13.8. The summed E-state index contributed by atoms with van der Waals surface area (Å²) in [5.74, 6) is 0.139. The van der Waals surface area contributed by atoms with E-state index in [9.17, 15) is 13.2 Å². The molecule has 8 heteroatoms. The molecule has 1 aliphatic heterocycles. The summed E-state index contributed by atoms with van der Waals surface area (Å²) in [4.78, 5) is 11.6. The number of rotatable bonds is 6. The van der Waals surface area contributed by atoms with Crippen LogP contribution in [-0.4, -0.2) is 52.0 Å². The van der Waals surface area contributed by atoms with Gasteiger partial charge >= 0.3 is 5.97 Å². The van der Waals surface area contributed by atoms with Gasteiger partial charge in [-0.1, -0.05) is 6.92 Å². The lowest BCUT2D eigenvalue weighted by Crippen LogP contribution is -2.40. The van der Waals surface area contributed by atoms with Crippen molar-refractivity contribution < 1.29 is 22.4 Å². The van der Waals surface area contributed by atoms with Crippen molar-refractivity contribution in [3.05, 3.63) is 17.4 Å². The maximum absolute atomic E-state index is 12.6. The molecule has 0 unspecified atom stereocenters. The Bertz CT molecular complexity index is 645. The number of carbonyl (C=O) groups excluding carboxylic acids is 1. The van der Waals surface area contributed by atoms with Crippen LogP contribution in [0.2, 0.25) is 0 Å². The third-order valence-corrected chi connectivity index (χ3v) is 5.91. The van der Waals surface area contributed by atoms with Crippen molar-refractivity contribution in [3.63, 3.8) is 0 Å². The number of sulfonamides is 1. The molecule has 1 saturated heterocycles. The van der Waals surface area contributed by atoms with Gasteiger partial charge in [0.2, 0.25) is 5.09 Å². The molecule has 0 spiro atoms. The zero-order chi connectivity index (χ0) is 17.0. The van der Waals surface area contributed by atoms with Gasteiger partial charge in [0.25, 0.3) is 10.0 Å². The lowest BCUT2D eigenvalue weighted by Gasteiger charge is -2.30. The lowest BCUT2D eigenvalue weighted by molar-refractivity contribution is 0.0598. The summed E-state index contributed by atoms with van der Waals surface area (Å²) < 4.78 is 36.7. The molecule has 0 aromatic carbocycles. The third-order valence-electron chi connectivity index (χ3n) is 4.15. The second-order valence-corrected chi connectivity index (χ2v) is 7.55. The summed E-state index contributed by atoms with van der Waals surface area (Å²) in [7, 11) is -2.46. The predicted molar refractivity (Wildman–Crippen MR) is 84.8 cm³/mol. The molecular formula is C15H24N2O5S. The molecule has 0 amide bonds. The first-order valence-electron chi connectivity index (χ1n) is 7.79. The van der Waals surface area contributed by atoms with Crippen LogP contribution in [0, 0.1) is 12.8 Å². The van der Waals surface area contributed by atoms with E-state index in [2.05, 4.69) is 17.0 Å². The van der Waals surface area contributed by atoms with Gasteiger partial charge in [0.15, 0.2) is 0 Å². The van der Waals surface area contributed by atoms with Crippen LogP contribution >= 0.6 is 0 Å². The second-order valence-electron chi connectivity index (χ2n) is 5.68. The Morgan fingerprint density at radius 1 is 1.43 bits per heavy atom. The average molecular weight is 344 g/mol. The van der Waals surface area contributed by atoms with Gasteiger partial charge in [-0.15, -0.1) is 0 Å². The van der Waals surface area contributed by atoms with Crippen LogP contribution in [0.5, 0.6) is 0 Å².